The third-order valence-corrected chi connectivity index (χ3v) is 6.18. The first-order valence-corrected chi connectivity index (χ1v) is 12.5. The molecule has 1 aliphatic rings. The number of rotatable bonds is 6. The fraction of sp³-hybridized carbons (Fsp3) is 0.312. The molecule has 0 atom stereocenters. The van der Waals surface area contributed by atoms with Gasteiger partial charge in [0, 0.05) is 0 Å². The highest BCUT2D eigenvalue weighted by Crippen LogP contribution is 2.56. The van der Waals surface area contributed by atoms with Crippen LogP contribution in [0, 0.1) is 41.5 Å². The first kappa shape index (κ1) is 25.4. The summed E-state index contributed by atoms with van der Waals surface area (Å²) in [7, 11) is 0. The Morgan fingerprint density at radius 3 is 2.00 bits per heavy atom. The van der Waals surface area contributed by atoms with Crippen molar-refractivity contribution >= 4 is 0 Å². The van der Waals surface area contributed by atoms with Crippen LogP contribution in [-0.4, -0.2) is 0 Å². The zero-order valence-electron chi connectivity index (χ0n) is 22.9. The lowest BCUT2D eigenvalue weighted by molar-refractivity contribution is 0.317. The lowest BCUT2D eigenvalue weighted by atomic mass is 10.1. The van der Waals surface area contributed by atoms with Crippen molar-refractivity contribution in [3.8, 4) is 40.2 Å². The molecular weight excluding hydrogens is 448 g/mol. The summed E-state index contributed by atoms with van der Waals surface area (Å²) in [5.74, 6) is 5.21. The predicted molar refractivity (Wildman–Crippen MR) is 146 cm³/mol. The molecule has 1 aliphatic heterocycles. The summed E-state index contributed by atoms with van der Waals surface area (Å²) in [5.41, 5.74) is 7.50. The first-order valence-electron chi connectivity index (χ1n) is 12.5. The van der Waals surface area contributed by atoms with Gasteiger partial charge in [-0.2, -0.15) is 0 Å². The number of fused-ring (bicyclic) bond motifs is 2. The van der Waals surface area contributed by atoms with Gasteiger partial charge in [-0.05, 0) is 108 Å². The van der Waals surface area contributed by atoms with E-state index >= 15 is 0 Å². The van der Waals surface area contributed by atoms with Gasteiger partial charge in [0.25, 0.3) is 0 Å². The standard InChI is InChI=1S/C32H36O4/c1-10-11-18(2)15-25(9)33-31-27(34-28-21(5)12-19(3)13-22(28)6)17-24(8)30-32(31)36-29-23(7)14-20(4)16-26(29)35-30/h11-17H,10H2,1-9H3/b18-11-,25-15+. The van der Waals surface area contributed by atoms with Crippen LogP contribution < -0.4 is 18.9 Å². The van der Waals surface area contributed by atoms with E-state index in [0.29, 0.717) is 34.5 Å². The Hall–Kier alpha value is -3.66. The molecule has 3 aromatic rings. The summed E-state index contributed by atoms with van der Waals surface area (Å²) in [6.07, 6.45) is 5.14. The van der Waals surface area contributed by atoms with Crippen molar-refractivity contribution in [1.82, 2.24) is 0 Å². The Bertz CT molecular complexity index is 1370. The molecule has 3 aromatic carbocycles. The number of ether oxygens (including phenoxy) is 4. The van der Waals surface area contributed by atoms with Gasteiger partial charge < -0.3 is 18.9 Å². The molecule has 0 unspecified atom stereocenters. The summed E-state index contributed by atoms with van der Waals surface area (Å²) in [6, 6.07) is 10.3. The van der Waals surface area contributed by atoms with Crippen molar-refractivity contribution < 1.29 is 18.9 Å². The Labute approximate surface area is 215 Å². The highest BCUT2D eigenvalue weighted by Gasteiger charge is 2.30. The molecule has 36 heavy (non-hydrogen) atoms. The number of allylic oxidation sites excluding steroid dienone is 4. The van der Waals surface area contributed by atoms with E-state index in [9.17, 15) is 0 Å². The number of hydrogen-bond donors (Lipinski definition) is 0. The van der Waals surface area contributed by atoms with E-state index in [2.05, 4.69) is 65.8 Å². The minimum Gasteiger partial charge on any atom is -0.454 e. The smallest absolute Gasteiger partial charge is 0.216 e. The maximum Gasteiger partial charge on any atom is 0.216 e. The highest BCUT2D eigenvalue weighted by molar-refractivity contribution is 5.69. The molecule has 0 N–H and O–H groups in total. The number of benzene rings is 3. The molecule has 0 radical (unpaired) electrons. The minimum absolute atomic E-state index is 0.499. The van der Waals surface area contributed by atoms with Crippen molar-refractivity contribution in [1.29, 1.82) is 0 Å². The Morgan fingerprint density at radius 1 is 0.722 bits per heavy atom. The second-order valence-corrected chi connectivity index (χ2v) is 9.84. The molecule has 0 amide bonds. The summed E-state index contributed by atoms with van der Waals surface area (Å²) in [6.45, 7) is 18.4. The maximum atomic E-state index is 6.56. The van der Waals surface area contributed by atoms with Gasteiger partial charge in [0.05, 0.1) is 0 Å². The van der Waals surface area contributed by atoms with Crippen LogP contribution in [0.3, 0.4) is 0 Å². The summed E-state index contributed by atoms with van der Waals surface area (Å²) >= 11 is 0. The Kier molecular flexibility index (Phi) is 7.16. The average molecular weight is 485 g/mol. The zero-order valence-corrected chi connectivity index (χ0v) is 22.9. The van der Waals surface area contributed by atoms with Gasteiger partial charge in [-0.3, -0.25) is 0 Å². The molecule has 188 valence electrons. The van der Waals surface area contributed by atoms with Crippen LogP contribution in [-0.2, 0) is 0 Å². The Balaban J connectivity index is 1.88. The van der Waals surface area contributed by atoms with Crippen LogP contribution in [0.2, 0.25) is 0 Å². The van der Waals surface area contributed by atoms with E-state index in [4.69, 9.17) is 18.9 Å². The normalized spacial score (nSPS) is 12.9. The monoisotopic (exact) mass is 484 g/mol. The van der Waals surface area contributed by atoms with Crippen molar-refractivity contribution in [3.05, 3.63) is 87.2 Å². The summed E-state index contributed by atoms with van der Waals surface area (Å²) in [5, 5.41) is 0. The number of aryl methyl sites for hydroxylation is 6. The Morgan fingerprint density at radius 2 is 1.33 bits per heavy atom. The predicted octanol–water partition coefficient (Wildman–Crippen LogP) is 9.87. The molecule has 4 nitrogen and oxygen atoms in total. The SMILES string of the molecule is CC/C=C(C)\C=C(/C)Oc1c(Oc2c(C)cc(C)cc2C)cc(C)c2c1Oc1c(C)cc(C)cc1O2. The van der Waals surface area contributed by atoms with Crippen molar-refractivity contribution in [3.63, 3.8) is 0 Å². The molecule has 0 bridgehead atoms. The second kappa shape index (κ2) is 10.1. The highest BCUT2D eigenvalue weighted by atomic mass is 16.6. The van der Waals surface area contributed by atoms with E-state index < -0.39 is 0 Å². The molecule has 0 saturated heterocycles. The third-order valence-electron chi connectivity index (χ3n) is 6.18. The maximum absolute atomic E-state index is 6.56. The largest absolute Gasteiger partial charge is 0.454 e. The third kappa shape index (κ3) is 5.13. The average Bonchev–Trinajstić information content (AvgIpc) is 2.77. The lowest BCUT2D eigenvalue weighted by Gasteiger charge is -2.27. The van der Waals surface area contributed by atoms with Crippen molar-refractivity contribution in [2.75, 3.05) is 0 Å². The van der Waals surface area contributed by atoms with Gasteiger partial charge in [-0.15, -0.1) is 0 Å². The van der Waals surface area contributed by atoms with Crippen LogP contribution in [0.25, 0.3) is 0 Å². The van der Waals surface area contributed by atoms with E-state index in [0.717, 1.165) is 51.3 Å². The molecule has 4 rings (SSSR count). The van der Waals surface area contributed by atoms with Crippen LogP contribution in [0.15, 0.2) is 53.8 Å². The van der Waals surface area contributed by atoms with Crippen molar-refractivity contribution in [2.45, 2.75) is 68.7 Å². The van der Waals surface area contributed by atoms with Crippen LogP contribution >= 0.6 is 0 Å². The topological polar surface area (TPSA) is 36.9 Å². The number of hydrogen-bond acceptors (Lipinski definition) is 4. The zero-order chi connectivity index (χ0) is 26.1. The summed E-state index contributed by atoms with van der Waals surface area (Å²) in [4.78, 5) is 0. The van der Waals surface area contributed by atoms with E-state index in [-0.39, 0.29) is 0 Å². The van der Waals surface area contributed by atoms with Crippen LogP contribution in [0.1, 0.15) is 60.6 Å². The fourth-order valence-corrected chi connectivity index (χ4v) is 4.78. The van der Waals surface area contributed by atoms with Gasteiger partial charge >= 0.3 is 0 Å². The van der Waals surface area contributed by atoms with Crippen LogP contribution in [0.5, 0.6) is 40.2 Å². The van der Waals surface area contributed by atoms with E-state index in [1.54, 1.807) is 0 Å². The molecule has 0 spiro atoms. The van der Waals surface area contributed by atoms with Crippen molar-refractivity contribution in [2.24, 2.45) is 0 Å². The van der Waals surface area contributed by atoms with Gasteiger partial charge in [0.2, 0.25) is 11.5 Å². The molecule has 1 heterocycles. The van der Waals surface area contributed by atoms with E-state index in [1.807, 2.05) is 39.0 Å². The summed E-state index contributed by atoms with van der Waals surface area (Å²) < 4.78 is 25.9. The van der Waals surface area contributed by atoms with Crippen LogP contribution in [0.4, 0.5) is 0 Å². The molecule has 0 aliphatic carbocycles. The lowest BCUT2D eigenvalue weighted by Crippen LogP contribution is -2.07. The minimum atomic E-state index is 0.499. The van der Waals surface area contributed by atoms with Gasteiger partial charge in [0.15, 0.2) is 23.0 Å². The van der Waals surface area contributed by atoms with E-state index in [1.165, 1.54) is 5.56 Å². The molecule has 4 heteroatoms. The van der Waals surface area contributed by atoms with Gasteiger partial charge in [-0.25, -0.2) is 0 Å². The molecular formula is C32H36O4. The van der Waals surface area contributed by atoms with Gasteiger partial charge in [0.1, 0.15) is 11.5 Å². The van der Waals surface area contributed by atoms with Gasteiger partial charge in [-0.1, -0.05) is 42.3 Å². The first-order chi connectivity index (χ1) is 17.1. The molecule has 0 saturated carbocycles. The molecule has 0 aromatic heterocycles. The fourth-order valence-electron chi connectivity index (χ4n) is 4.78. The quantitative estimate of drug-likeness (QED) is 0.201. The molecule has 0 fully saturated rings. The second-order valence-electron chi connectivity index (χ2n) is 9.84.